The number of carbonyl (C=O) groups excluding carboxylic acids is 1. The molecule has 0 fully saturated rings. The Labute approximate surface area is 222 Å². The molecule has 1 aliphatic rings. The van der Waals surface area contributed by atoms with E-state index in [9.17, 15) is 10.1 Å². The first-order chi connectivity index (χ1) is 17.4. The molecule has 2 N–H and O–H groups in total. The predicted molar refractivity (Wildman–Crippen MR) is 141 cm³/mol. The monoisotopic (exact) mass is 525 g/mol. The van der Waals surface area contributed by atoms with Gasteiger partial charge in [0.25, 0.3) is 5.89 Å². The van der Waals surface area contributed by atoms with Crippen LogP contribution in [0.4, 0.5) is 0 Å². The highest BCUT2D eigenvalue weighted by Crippen LogP contribution is 2.29. The second-order valence-corrected chi connectivity index (χ2v) is 9.32. The van der Waals surface area contributed by atoms with Gasteiger partial charge in [-0.3, -0.25) is 9.69 Å². The number of hydrogen-bond donors (Lipinski definition) is 2. The molecule has 2 aromatic carbocycles. The van der Waals surface area contributed by atoms with E-state index in [2.05, 4.69) is 38.6 Å². The Kier molecular flexibility index (Phi) is 9.64. The molecule has 0 saturated heterocycles. The van der Waals surface area contributed by atoms with Crippen molar-refractivity contribution in [2.24, 2.45) is 0 Å². The zero-order valence-corrected chi connectivity index (χ0v) is 22.0. The molecule has 0 spiro atoms. The van der Waals surface area contributed by atoms with E-state index in [1.54, 1.807) is 25.1 Å². The van der Waals surface area contributed by atoms with Crippen LogP contribution in [-0.4, -0.2) is 64.4 Å². The smallest absolute Gasteiger partial charge is 0.258 e. The number of benzene rings is 2. The highest BCUT2D eigenvalue weighted by Gasteiger charge is 2.19. The molecule has 0 saturated carbocycles. The van der Waals surface area contributed by atoms with Gasteiger partial charge in [-0.1, -0.05) is 17.3 Å². The number of aromatic nitrogens is 2. The number of nitrogens with one attached hydrogen (secondary N) is 1. The number of rotatable bonds is 8. The van der Waals surface area contributed by atoms with E-state index in [0.29, 0.717) is 35.1 Å². The molecule has 4 rings (SSSR count). The van der Waals surface area contributed by atoms with Crippen molar-refractivity contribution in [3.63, 3.8) is 0 Å². The molecule has 10 heteroatoms. The topological polar surface area (TPSA) is 125 Å². The normalized spacial score (nSPS) is 14.2. The van der Waals surface area contributed by atoms with Crippen LogP contribution in [0.15, 0.2) is 40.9 Å². The van der Waals surface area contributed by atoms with Gasteiger partial charge >= 0.3 is 0 Å². The number of nitrogens with zero attached hydrogens (tertiary/aromatic N) is 4. The molecule has 0 aliphatic carbocycles. The Morgan fingerprint density at radius 1 is 1.16 bits per heavy atom. The van der Waals surface area contributed by atoms with Crippen LogP contribution in [-0.2, 0) is 17.6 Å². The average Bonchev–Trinajstić information content (AvgIpc) is 3.27. The van der Waals surface area contributed by atoms with Gasteiger partial charge in [0.05, 0.1) is 24.8 Å². The van der Waals surface area contributed by atoms with Crippen molar-refractivity contribution in [1.82, 2.24) is 20.4 Å². The minimum atomic E-state index is -0.248. The van der Waals surface area contributed by atoms with E-state index in [1.807, 2.05) is 19.9 Å². The highest BCUT2D eigenvalue weighted by molar-refractivity contribution is 5.85. The van der Waals surface area contributed by atoms with Crippen LogP contribution >= 0.6 is 12.4 Å². The van der Waals surface area contributed by atoms with Gasteiger partial charge in [0, 0.05) is 30.3 Å². The zero-order chi connectivity index (χ0) is 25.7. The highest BCUT2D eigenvalue weighted by atomic mass is 35.5. The maximum atomic E-state index is 12.2. The molecule has 0 unspecified atom stereocenters. The minimum Gasteiger partial charge on any atom is -0.490 e. The summed E-state index contributed by atoms with van der Waals surface area (Å²) in [7, 11) is 0. The molecule has 3 aromatic rings. The molecule has 37 heavy (non-hydrogen) atoms. The molecule has 1 aliphatic heterocycles. The number of halogens is 1. The summed E-state index contributed by atoms with van der Waals surface area (Å²) in [5, 5.41) is 25.6. The van der Waals surface area contributed by atoms with Gasteiger partial charge in [0.2, 0.25) is 11.7 Å². The average molecular weight is 526 g/mol. The van der Waals surface area contributed by atoms with Gasteiger partial charge in [-0.05, 0) is 69.0 Å². The number of nitriles is 1. The van der Waals surface area contributed by atoms with Gasteiger partial charge in [-0.25, -0.2) is 0 Å². The van der Waals surface area contributed by atoms with Gasteiger partial charge in [-0.2, -0.15) is 10.2 Å². The number of amides is 1. The number of ether oxygens (including phenoxy) is 1. The molecular weight excluding hydrogens is 494 g/mol. The summed E-state index contributed by atoms with van der Waals surface area (Å²) in [6.07, 6.45) is 1.61. The maximum absolute atomic E-state index is 12.2. The molecule has 1 aromatic heterocycles. The number of aliphatic hydroxyl groups excluding tert-OH is 1. The lowest BCUT2D eigenvalue weighted by molar-refractivity contribution is -0.123. The number of hydrogen-bond acceptors (Lipinski definition) is 8. The summed E-state index contributed by atoms with van der Waals surface area (Å²) in [6, 6.07) is 13.3. The SMILES string of the molecule is CC(C)Oc1ccc(-c2nc(-c3ccc4c(c3)CCN(CC(=O)N[C@@H](C)CO)CC4)no2)cc1C#N.Cl. The molecule has 1 atom stereocenters. The van der Waals surface area contributed by atoms with Crippen molar-refractivity contribution < 1.29 is 19.2 Å². The van der Waals surface area contributed by atoms with Crippen LogP contribution in [0, 0.1) is 11.3 Å². The van der Waals surface area contributed by atoms with Crippen LogP contribution in [0.3, 0.4) is 0 Å². The van der Waals surface area contributed by atoms with Crippen molar-refractivity contribution in [3.8, 4) is 34.7 Å². The van der Waals surface area contributed by atoms with Crippen molar-refractivity contribution >= 4 is 18.3 Å². The van der Waals surface area contributed by atoms with Gasteiger partial charge in [-0.15, -0.1) is 12.4 Å². The van der Waals surface area contributed by atoms with E-state index < -0.39 is 0 Å². The third-order valence-corrected chi connectivity index (χ3v) is 6.04. The number of aliphatic hydroxyl groups is 1. The van der Waals surface area contributed by atoms with E-state index >= 15 is 0 Å². The van der Waals surface area contributed by atoms with E-state index in [4.69, 9.17) is 14.4 Å². The summed E-state index contributed by atoms with van der Waals surface area (Å²) < 4.78 is 11.2. The van der Waals surface area contributed by atoms with Gasteiger partial charge in [0.15, 0.2) is 0 Å². The summed E-state index contributed by atoms with van der Waals surface area (Å²) in [5.41, 5.74) is 4.36. The summed E-state index contributed by atoms with van der Waals surface area (Å²) in [6.45, 7) is 7.38. The zero-order valence-electron chi connectivity index (χ0n) is 21.2. The first-order valence-electron chi connectivity index (χ1n) is 12.2. The fraction of sp³-hybridized carbons (Fsp3) is 0.407. The lowest BCUT2D eigenvalue weighted by Gasteiger charge is -2.20. The molecular formula is C27H32ClN5O4. The third-order valence-electron chi connectivity index (χ3n) is 6.04. The molecule has 0 bridgehead atoms. The van der Waals surface area contributed by atoms with Crippen molar-refractivity contribution in [2.75, 3.05) is 26.2 Å². The van der Waals surface area contributed by atoms with Crippen LogP contribution in [0.5, 0.6) is 5.75 Å². The van der Waals surface area contributed by atoms with Crippen molar-refractivity contribution in [1.29, 1.82) is 5.26 Å². The second-order valence-electron chi connectivity index (χ2n) is 9.32. The Morgan fingerprint density at radius 3 is 2.59 bits per heavy atom. The predicted octanol–water partition coefficient (Wildman–Crippen LogP) is 3.38. The number of fused-ring (bicyclic) bond motifs is 1. The third kappa shape index (κ3) is 7.07. The Morgan fingerprint density at radius 2 is 1.89 bits per heavy atom. The minimum absolute atomic E-state index is 0. The van der Waals surface area contributed by atoms with Gasteiger partial charge < -0.3 is 19.7 Å². The quantitative estimate of drug-likeness (QED) is 0.458. The Balaban J connectivity index is 0.00000380. The molecule has 1 amide bonds. The van der Waals surface area contributed by atoms with Crippen molar-refractivity contribution in [3.05, 3.63) is 53.1 Å². The van der Waals surface area contributed by atoms with Crippen LogP contribution in [0.2, 0.25) is 0 Å². The summed E-state index contributed by atoms with van der Waals surface area (Å²) >= 11 is 0. The first kappa shape index (κ1) is 28.1. The standard InChI is InChI=1S/C27H31N5O4.ClH/c1-17(2)35-24-7-6-22(13-23(24)14-28)27-30-26(31-36-27)21-5-4-19-8-10-32(11-9-20(19)12-21)15-25(34)29-18(3)16-33;/h4-7,12-13,17-18,33H,8-11,15-16H2,1-3H3,(H,29,34);1H/t18-;/m0./s1. The van der Waals surface area contributed by atoms with Crippen molar-refractivity contribution in [2.45, 2.75) is 45.8 Å². The molecule has 2 heterocycles. The fourth-order valence-corrected chi connectivity index (χ4v) is 4.20. The Hall–Kier alpha value is -3.45. The lowest BCUT2D eigenvalue weighted by atomic mass is 10.00. The van der Waals surface area contributed by atoms with E-state index in [-0.39, 0.29) is 37.1 Å². The van der Waals surface area contributed by atoms with Crippen LogP contribution in [0.25, 0.3) is 22.8 Å². The summed E-state index contributed by atoms with van der Waals surface area (Å²) in [5.74, 6) is 1.26. The molecule has 0 radical (unpaired) electrons. The van der Waals surface area contributed by atoms with Gasteiger partial charge in [0.1, 0.15) is 11.8 Å². The van der Waals surface area contributed by atoms with E-state index in [1.165, 1.54) is 11.1 Å². The van der Waals surface area contributed by atoms with Crippen LogP contribution in [0.1, 0.15) is 37.5 Å². The molecule has 9 nitrogen and oxygen atoms in total. The van der Waals surface area contributed by atoms with E-state index in [0.717, 1.165) is 31.5 Å². The fourth-order valence-electron chi connectivity index (χ4n) is 4.20. The molecule has 196 valence electrons. The second kappa shape index (κ2) is 12.7. The van der Waals surface area contributed by atoms with Crippen LogP contribution < -0.4 is 10.1 Å². The first-order valence-corrected chi connectivity index (χ1v) is 12.2. The lowest BCUT2D eigenvalue weighted by Crippen LogP contribution is -2.43. The summed E-state index contributed by atoms with van der Waals surface area (Å²) in [4.78, 5) is 18.9. The largest absolute Gasteiger partial charge is 0.490 e. The number of carbonyl (C=O) groups is 1. The Bertz CT molecular complexity index is 1270. The maximum Gasteiger partial charge on any atom is 0.258 e.